The molecule has 3 fully saturated rings. The van der Waals surface area contributed by atoms with Gasteiger partial charge >= 0.3 is 0 Å². The Hall–Kier alpha value is -0.850. The van der Waals surface area contributed by atoms with Crippen LogP contribution in [0, 0.1) is 51.2 Å². The van der Waals surface area contributed by atoms with E-state index in [0.717, 1.165) is 55.8 Å². The summed E-state index contributed by atoms with van der Waals surface area (Å²) in [6, 6.07) is 2.88. The van der Waals surface area contributed by atoms with Crippen molar-refractivity contribution >= 4 is 0 Å². The van der Waals surface area contributed by atoms with Crippen molar-refractivity contribution in [1.29, 1.82) is 5.26 Å². The zero-order valence-corrected chi connectivity index (χ0v) is 22.0. The molecule has 5 aliphatic rings. The van der Waals surface area contributed by atoms with Crippen molar-refractivity contribution in [1.82, 2.24) is 0 Å². The van der Waals surface area contributed by atoms with Crippen LogP contribution < -0.4 is 0 Å². The molecule has 33 heavy (non-hydrogen) atoms. The highest BCUT2D eigenvalue weighted by molar-refractivity contribution is 5.39. The molecule has 0 unspecified atom stereocenters. The van der Waals surface area contributed by atoms with Crippen LogP contribution >= 0.6 is 0 Å². The first-order chi connectivity index (χ1) is 15.7. The maximum Gasteiger partial charge on any atom is 0.170 e. The number of rotatable bonds is 5. The van der Waals surface area contributed by atoms with Gasteiger partial charge in [-0.05, 0) is 74.0 Å². The number of nitriles is 1. The van der Waals surface area contributed by atoms with Crippen LogP contribution in [0.1, 0.15) is 112 Å². The fourth-order valence-electron chi connectivity index (χ4n) is 9.44. The average Bonchev–Trinajstić information content (AvgIpc) is 3.38. The van der Waals surface area contributed by atoms with Gasteiger partial charge in [-0.15, -0.1) is 0 Å². The molecule has 6 atom stereocenters. The van der Waals surface area contributed by atoms with E-state index < -0.39 is 5.79 Å². The molecule has 0 aromatic heterocycles. The van der Waals surface area contributed by atoms with Crippen molar-refractivity contribution in [3.63, 3.8) is 0 Å². The Morgan fingerprint density at radius 2 is 1.73 bits per heavy atom. The largest absolute Gasteiger partial charge is 0.347 e. The monoisotopic (exact) mass is 453 g/mol. The lowest BCUT2D eigenvalue weighted by Crippen LogP contribution is -2.55. The summed E-state index contributed by atoms with van der Waals surface area (Å²) in [5, 5.41) is 10.6. The van der Waals surface area contributed by atoms with Gasteiger partial charge in [0.05, 0.1) is 24.7 Å². The van der Waals surface area contributed by atoms with E-state index in [1.165, 1.54) is 44.9 Å². The molecule has 0 bridgehead atoms. The smallest absolute Gasteiger partial charge is 0.170 e. The van der Waals surface area contributed by atoms with Crippen LogP contribution in [0.25, 0.3) is 0 Å². The quantitative estimate of drug-likeness (QED) is 0.399. The lowest BCUT2D eigenvalue weighted by molar-refractivity contribution is -0.217. The summed E-state index contributed by atoms with van der Waals surface area (Å²) in [6.07, 6.45) is 14.4. The number of hydrogen-bond donors (Lipinski definition) is 0. The van der Waals surface area contributed by atoms with Gasteiger partial charge in [0, 0.05) is 18.3 Å². The van der Waals surface area contributed by atoms with Gasteiger partial charge in [-0.25, -0.2) is 0 Å². The number of allylic oxidation sites excluding steroid dienone is 2. The van der Waals surface area contributed by atoms with Crippen molar-refractivity contribution in [2.75, 3.05) is 13.2 Å². The molecule has 0 aromatic carbocycles. The van der Waals surface area contributed by atoms with Gasteiger partial charge in [0.15, 0.2) is 5.79 Å². The van der Waals surface area contributed by atoms with E-state index in [1.54, 1.807) is 11.1 Å². The molecule has 3 nitrogen and oxygen atoms in total. The number of nitrogens with zero attached hydrogens (tertiary/aromatic N) is 1. The first kappa shape index (κ1) is 23.9. The molecule has 3 heteroatoms. The minimum absolute atomic E-state index is 0.00180. The van der Waals surface area contributed by atoms with E-state index >= 15 is 0 Å². The third-order valence-electron chi connectivity index (χ3n) is 11.4. The maximum absolute atomic E-state index is 10.6. The lowest BCUT2D eigenvalue weighted by atomic mass is 9.45. The average molecular weight is 454 g/mol. The van der Waals surface area contributed by atoms with Gasteiger partial charge in [-0.3, -0.25) is 0 Å². The molecule has 1 saturated heterocycles. The minimum atomic E-state index is -0.486. The van der Waals surface area contributed by atoms with Crippen molar-refractivity contribution < 1.29 is 9.47 Å². The van der Waals surface area contributed by atoms with Crippen molar-refractivity contribution in [2.45, 2.75) is 117 Å². The van der Waals surface area contributed by atoms with Crippen LogP contribution in [-0.2, 0) is 9.47 Å². The number of ether oxygens (including phenoxy) is 2. The van der Waals surface area contributed by atoms with E-state index in [1.807, 2.05) is 0 Å². The van der Waals surface area contributed by atoms with Crippen molar-refractivity contribution in [2.24, 2.45) is 39.9 Å². The fourth-order valence-corrected chi connectivity index (χ4v) is 9.44. The fraction of sp³-hybridized carbons (Fsp3) is 0.900. The van der Waals surface area contributed by atoms with Gasteiger partial charge < -0.3 is 9.47 Å². The highest BCUT2D eigenvalue weighted by Gasteiger charge is 2.64. The molecule has 0 N–H and O–H groups in total. The summed E-state index contributed by atoms with van der Waals surface area (Å²) >= 11 is 0. The minimum Gasteiger partial charge on any atom is -0.347 e. The standard InChI is InChI=1S/C30H47NO2/c1-21(2)7-6-8-22(3)24-9-10-25-23-11-14-29(20-31)19-30(32-17-18-33-30)16-15-28(29,5)26(23)12-13-27(24,25)4/h21-22,24-25H,6-19H2,1-5H3/t22-,24-,25+,27-,28-,29-/m1/s1. The van der Waals surface area contributed by atoms with Gasteiger partial charge in [-0.1, -0.05) is 65.0 Å². The first-order valence-corrected chi connectivity index (χ1v) is 14.1. The summed E-state index contributed by atoms with van der Waals surface area (Å²) in [5.74, 6) is 2.80. The third kappa shape index (κ3) is 3.57. The summed E-state index contributed by atoms with van der Waals surface area (Å²) < 4.78 is 12.2. The third-order valence-corrected chi connectivity index (χ3v) is 11.4. The molecule has 1 aliphatic heterocycles. The predicted molar refractivity (Wildman–Crippen MR) is 132 cm³/mol. The molecular formula is C30H47NO2. The Balaban J connectivity index is 1.40. The molecule has 5 rings (SSSR count). The molecule has 0 radical (unpaired) electrons. The maximum atomic E-state index is 10.6. The predicted octanol–water partition coefficient (Wildman–Crippen LogP) is 7.81. The SMILES string of the molecule is CC(C)CCC[C@@H](C)[C@H]1CC[C@H]2C3=C(CC[C@]12C)[C@@]1(C)CCC2(C[C@@]1(C#N)CC3)OCCO2. The Labute approximate surface area is 202 Å². The molecule has 0 amide bonds. The summed E-state index contributed by atoms with van der Waals surface area (Å²) in [7, 11) is 0. The van der Waals surface area contributed by atoms with Gasteiger partial charge in [0.25, 0.3) is 0 Å². The van der Waals surface area contributed by atoms with Crippen molar-refractivity contribution in [3.05, 3.63) is 11.1 Å². The van der Waals surface area contributed by atoms with Gasteiger partial charge in [0.1, 0.15) is 0 Å². The molecule has 1 heterocycles. The Bertz CT molecular complexity index is 833. The van der Waals surface area contributed by atoms with Crippen LogP contribution in [0.3, 0.4) is 0 Å². The second-order valence-electron chi connectivity index (χ2n) is 13.4. The van der Waals surface area contributed by atoms with Gasteiger partial charge in [-0.2, -0.15) is 5.26 Å². The van der Waals surface area contributed by atoms with E-state index in [0.29, 0.717) is 18.6 Å². The highest BCUT2D eigenvalue weighted by Crippen LogP contribution is 2.70. The molecule has 184 valence electrons. The van der Waals surface area contributed by atoms with Crippen molar-refractivity contribution in [3.8, 4) is 6.07 Å². The van der Waals surface area contributed by atoms with Crippen LogP contribution in [0.15, 0.2) is 11.1 Å². The van der Waals surface area contributed by atoms with Crippen LogP contribution in [-0.4, -0.2) is 19.0 Å². The normalized spacial score (nSPS) is 42.7. The zero-order valence-electron chi connectivity index (χ0n) is 22.0. The zero-order chi connectivity index (χ0) is 23.5. The molecular weight excluding hydrogens is 406 g/mol. The second kappa shape index (κ2) is 8.37. The van der Waals surface area contributed by atoms with E-state index in [9.17, 15) is 5.26 Å². The first-order valence-electron chi connectivity index (χ1n) is 14.1. The van der Waals surface area contributed by atoms with E-state index in [4.69, 9.17) is 9.47 Å². The molecule has 4 aliphatic carbocycles. The second-order valence-corrected chi connectivity index (χ2v) is 13.4. The Kier molecular flexibility index (Phi) is 6.06. The van der Waals surface area contributed by atoms with Crippen LogP contribution in [0.2, 0.25) is 0 Å². The lowest BCUT2D eigenvalue weighted by Gasteiger charge is -2.59. The van der Waals surface area contributed by atoms with E-state index in [-0.39, 0.29) is 10.8 Å². The van der Waals surface area contributed by atoms with Gasteiger partial charge in [0.2, 0.25) is 0 Å². The number of hydrogen-bond acceptors (Lipinski definition) is 3. The molecule has 2 saturated carbocycles. The number of fused-ring (bicyclic) bond motifs is 4. The summed E-state index contributed by atoms with van der Waals surface area (Å²) in [6.45, 7) is 13.7. The van der Waals surface area contributed by atoms with Crippen LogP contribution in [0.4, 0.5) is 0 Å². The summed E-state index contributed by atoms with van der Waals surface area (Å²) in [5.41, 5.74) is 3.62. The summed E-state index contributed by atoms with van der Waals surface area (Å²) in [4.78, 5) is 0. The van der Waals surface area contributed by atoms with E-state index in [2.05, 4.69) is 40.7 Å². The molecule has 1 spiro atoms. The van der Waals surface area contributed by atoms with Crippen LogP contribution in [0.5, 0.6) is 0 Å². The Morgan fingerprint density at radius 3 is 2.42 bits per heavy atom. The Morgan fingerprint density at radius 1 is 0.970 bits per heavy atom. The topological polar surface area (TPSA) is 42.2 Å². The highest BCUT2D eigenvalue weighted by atomic mass is 16.7. The molecule has 0 aromatic rings.